The Hall–Kier alpha value is -2.41. The summed E-state index contributed by atoms with van der Waals surface area (Å²) in [4.78, 5) is 12.0. The van der Waals surface area contributed by atoms with Crippen LogP contribution in [0, 0.1) is 0 Å². The standard InChI is InChI=1S/C16H15BrN4O2/c1-11(16-20-19-14-4-2-3-9-21(14)16)18-15(22)10-23-13-7-5-12(17)6-8-13/h2-9,11H,10H2,1H3,(H,18,22). The monoisotopic (exact) mass is 374 g/mol. The molecule has 3 rings (SSSR count). The molecule has 0 aliphatic rings. The Bertz CT molecular complexity index is 816. The Morgan fingerprint density at radius 3 is 2.83 bits per heavy atom. The molecule has 7 heteroatoms. The molecule has 6 nitrogen and oxygen atoms in total. The van der Waals surface area contributed by atoms with Crippen molar-refractivity contribution in [1.82, 2.24) is 19.9 Å². The Morgan fingerprint density at radius 2 is 2.04 bits per heavy atom. The Morgan fingerprint density at radius 1 is 1.26 bits per heavy atom. The van der Waals surface area contributed by atoms with Crippen LogP contribution < -0.4 is 10.1 Å². The molecule has 3 aromatic rings. The van der Waals surface area contributed by atoms with E-state index in [0.29, 0.717) is 11.6 Å². The van der Waals surface area contributed by atoms with Gasteiger partial charge in [0.05, 0.1) is 6.04 Å². The average molecular weight is 375 g/mol. The van der Waals surface area contributed by atoms with E-state index in [2.05, 4.69) is 31.4 Å². The van der Waals surface area contributed by atoms with Crippen LogP contribution in [0.3, 0.4) is 0 Å². The number of nitrogens with zero attached hydrogens (tertiary/aromatic N) is 3. The summed E-state index contributed by atoms with van der Waals surface area (Å²) < 4.78 is 8.26. The van der Waals surface area contributed by atoms with Gasteiger partial charge >= 0.3 is 0 Å². The fourth-order valence-electron chi connectivity index (χ4n) is 2.18. The smallest absolute Gasteiger partial charge is 0.258 e. The maximum atomic E-state index is 12.0. The molecule has 2 heterocycles. The van der Waals surface area contributed by atoms with Gasteiger partial charge in [-0.25, -0.2) is 0 Å². The van der Waals surface area contributed by atoms with Gasteiger partial charge in [0.2, 0.25) is 0 Å². The number of fused-ring (bicyclic) bond motifs is 1. The van der Waals surface area contributed by atoms with Gasteiger partial charge in [-0.3, -0.25) is 9.20 Å². The zero-order valence-electron chi connectivity index (χ0n) is 12.4. The molecule has 1 unspecified atom stereocenters. The Kier molecular flexibility index (Phi) is 4.57. The highest BCUT2D eigenvalue weighted by molar-refractivity contribution is 9.10. The average Bonchev–Trinajstić information content (AvgIpc) is 2.98. The molecule has 118 valence electrons. The molecule has 0 aliphatic heterocycles. The van der Waals surface area contributed by atoms with E-state index >= 15 is 0 Å². The van der Waals surface area contributed by atoms with E-state index in [1.54, 1.807) is 12.1 Å². The third kappa shape index (κ3) is 3.68. The van der Waals surface area contributed by atoms with E-state index in [1.165, 1.54) is 0 Å². The largest absolute Gasteiger partial charge is 0.484 e. The molecule has 2 aromatic heterocycles. The number of hydrogen-bond acceptors (Lipinski definition) is 4. The molecular weight excluding hydrogens is 360 g/mol. The summed E-state index contributed by atoms with van der Waals surface area (Å²) in [6.45, 7) is 1.81. The highest BCUT2D eigenvalue weighted by Crippen LogP contribution is 2.16. The van der Waals surface area contributed by atoms with Crippen molar-refractivity contribution in [2.75, 3.05) is 6.61 Å². The van der Waals surface area contributed by atoms with Gasteiger partial charge in [0, 0.05) is 10.7 Å². The quantitative estimate of drug-likeness (QED) is 0.745. The fraction of sp³-hybridized carbons (Fsp3) is 0.188. The van der Waals surface area contributed by atoms with Gasteiger partial charge in [-0.05, 0) is 43.3 Å². The van der Waals surface area contributed by atoms with E-state index in [1.807, 2.05) is 47.9 Å². The molecule has 0 spiro atoms. The molecule has 0 fully saturated rings. The second kappa shape index (κ2) is 6.78. The number of benzene rings is 1. The minimum absolute atomic E-state index is 0.0529. The topological polar surface area (TPSA) is 68.5 Å². The van der Waals surface area contributed by atoms with E-state index in [0.717, 1.165) is 10.1 Å². The molecular formula is C16H15BrN4O2. The third-order valence-corrected chi connectivity index (χ3v) is 3.82. The number of rotatable bonds is 5. The molecule has 1 aromatic carbocycles. The maximum absolute atomic E-state index is 12.0. The van der Waals surface area contributed by atoms with E-state index in [9.17, 15) is 4.79 Å². The fourth-order valence-corrected chi connectivity index (χ4v) is 2.45. The van der Waals surface area contributed by atoms with Crippen LogP contribution in [0.25, 0.3) is 5.65 Å². The van der Waals surface area contributed by atoms with Crippen molar-refractivity contribution in [2.24, 2.45) is 0 Å². The summed E-state index contributed by atoms with van der Waals surface area (Å²) in [5.41, 5.74) is 0.745. The molecule has 0 saturated carbocycles. The first-order valence-corrected chi connectivity index (χ1v) is 7.90. The highest BCUT2D eigenvalue weighted by atomic mass is 79.9. The van der Waals surface area contributed by atoms with Crippen molar-refractivity contribution in [1.29, 1.82) is 0 Å². The van der Waals surface area contributed by atoms with Gasteiger partial charge in [0.15, 0.2) is 18.1 Å². The van der Waals surface area contributed by atoms with E-state index < -0.39 is 0 Å². The van der Waals surface area contributed by atoms with Crippen LogP contribution >= 0.6 is 15.9 Å². The predicted octanol–water partition coefficient (Wildman–Crippen LogP) is 2.75. The zero-order valence-corrected chi connectivity index (χ0v) is 14.0. The van der Waals surface area contributed by atoms with Crippen LogP contribution in [0.4, 0.5) is 0 Å². The van der Waals surface area contributed by atoms with Crippen LogP contribution in [0.2, 0.25) is 0 Å². The van der Waals surface area contributed by atoms with Crippen LogP contribution in [0.15, 0.2) is 53.1 Å². The molecule has 0 aliphatic carbocycles. The Balaban J connectivity index is 1.60. The lowest BCUT2D eigenvalue weighted by Crippen LogP contribution is -2.32. The molecule has 1 amide bonds. The molecule has 0 radical (unpaired) electrons. The SMILES string of the molecule is CC(NC(=O)COc1ccc(Br)cc1)c1nnc2ccccn12. The second-order valence-electron chi connectivity index (χ2n) is 5.02. The summed E-state index contributed by atoms with van der Waals surface area (Å²) in [6, 6.07) is 12.7. The molecule has 0 bridgehead atoms. The summed E-state index contributed by atoms with van der Waals surface area (Å²) >= 11 is 3.35. The highest BCUT2D eigenvalue weighted by Gasteiger charge is 2.15. The van der Waals surface area contributed by atoms with Crippen molar-refractivity contribution in [3.8, 4) is 5.75 Å². The van der Waals surface area contributed by atoms with Crippen molar-refractivity contribution >= 4 is 27.5 Å². The number of amides is 1. The molecule has 1 atom stereocenters. The van der Waals surface area contributed by atoms with Gasteiger partial charge in [-0.2, -0.15) is 0 Å². The molecule has 23 heavy (non-hydrogen) atoms. The van der Waals surface area contributed by atoms with E-state index in [4.69, 9.17) is 4.74 Å². The zero-order chi connectivity index (χ0) is 16.2. The van der Waals surface area contributed by atoms with Crippen molar-refractivity contribution in [3.05, 3.63) is 59.0 Å². The number of hydrogen-bond donors (Lipinski definition) is 1. The summed E-state index contributed by atoms with van der Waals surface area (Å²) in [7, 11) is 0. The number of carbonyl (C=O) groups excluding carboxylic acids is 1. The number of aromatic nitrogens is 3. The summed E-state index contributed by atoms with van der Waals surface area (Å²) in [5.74, 6) is 1.11. The number of halogens is 1. The molecule has 0 saturated heterocycles. The van der Waals surface area contributed by atoms with E-state index in [-0.39, 0.29) is 18.6 Å². The van der Waals surface area contributed by atoms with Crippen LogP contribution in [-0.4, -0.2) is 27.1 Å². The normalized spacial score (nSPS) is 12.1. The van der Waals surface area contributed by atoms with Crippen LogP contribution in [0.5, 0.6) is 5.75 Å². The lowest BCUT2D eigenvalue weighted by molar-refractivity contribution is -0.123. The van der Waals surface area contributed by atoms with Gasteiger partial charge < -0.3 is 10.1 Å². The van der Waals surface area contributed by atoms with Crippen LogP contribution in [0.1, 0.15) is 18.8 Å². The number of ether oxygens (including phenoxy) is 1. The van der Waals surface area contributed by atoms with Crippen molar-refractivity contribution in [3.63, 3.8) is 0 Å². The summed E-state index contributed by atoms with van der Waals surface area (Å²) in [6.07, 6.45) is 1.87. The number of pyridine rings is 1. The first-order chi connectivity index (χ1) is 11.1. The van der Waals surface area contributed by atoms with Crippen LogP contribution in [-0.2, 0) is 4.79 Å². The number of nitrogens with one attached hydrogen (secondary N) is 1. The first kappa shape index (κ1) is 15.5. The van der Waals surface area contributed by atoms with Gasteiger partial charge in [0.25, 0.3) is 5.91 Å². The maximum Gasteiger partial charge on any atom is 0.258 e. The number of carbonyl (C=O) groups is 1. The summed E-state index contributed by atoms with van der Waals surface area (Å²) in [5, 5.41) is 11.1. The second-order valence-corrected chi connectivity index (χ2v) is 5.93. The predicted molar refractivity (Wildman–Crippen MR) is 89.2 cm³/mol. The van der Waals surface area contributed by atoms with Gasteiger partial charge in [0.1, 0.15) is 5.75 Å². The minimum atomic E-state index is -0.270. The lowest BCUT2D eigenvalue weighted by Gasteiger charge is -2.13. The third-order valence-electron chi connectivity index (χ3n) is 3.29. The lowest BCUT2D eigenvalue weighted by atomic mass is 10.3. The van der Waals surface area contributed by atoms with Crippen molar-refractivity contribution in [2.45, 2.75) is 13.0 Å². The molecule has 1 N–H and O–H groups in total. The van der Waals surface area contributed by atoms with Gasteiger partial charge in [-0.15, -0.1) is 10.2 Å². The minimum Gasteiger partial charge on any atom is -0.484 e. The van der Waals surface area contributed by atoms with Crippen molar-refractivity contribution < 1.29 is 9.53 Å². The first-order valence-electron chi connectivity index (χ1n) is 7.11. The van der Waals surface area contributed by atoms with Gasteiger partial charge in [-0.1, -0.05) is 22.0 Å². The Labute approximate surface area is 141 Å².